The molecule has 4 amide bonds. The third kappa shape index (κ3) is 4.09. The number of anilines is 1. The minimum Gasteiger partial charge on any atom is -0.497 e. The molecule has 8 nitrogen and oxygen atoms in total. The Morgan fingerprint density at radius 3 is 2.75 bits per heavy atom. The highest BCUT2D eigenvalue weighted by Gasteiger charge is 2.47. The van der Waals surface area contributed by atoms with Crippen molar-refractivity contribution >= 4 is 23.5 Å². The van der Waals surface area contributed by atoms with Gasteiger partial charge in [0.25, 0.3) is 5.91 Å². The maximum absolute atomic E-state index is 13.5. The highest BCUT2D eigenvalue weighted by molar-refractivity contribution is 6.21. The maximum atomic E-state index is 13.5. The summed E-state index contributed by atoms with van der Waals surface area (Å²) in [6, 6.07) is 6.61. The van der Waals surface area contributed by atoms with Crippen LogP contribution in [0.3, 0.4) is 0 Å². The molecule has 1 aliphatic carbocycles. The van der Waals surface area contributed by atoms with Crippen LogP contribution < -0.4 is 15.0 Å². The van der Waals surface area contributed by atoms with Crippen molar-refractivity contribution in [2.45, 2.75) is 69.5 Å². The van der Waals surface area contributed by atoms with Crippen LogP contribution in [0.25, 0.3) is 0 Å². The van der Waals surface area contributed by atoms with Crippen molar-refractivity contribution in [2.75, 3.05) is 31.6 Å². The number of urea groups is 1. The normalized spacial score (nSPS) is 31.9. The third-order valence-corrected chi connectivity index (χ3v) is 8.97. The number of piperidine rings is 3. The number of carbonyl (C=O) groups excluding carboxylic acids is 3. The number of nitrogens with one attached hydrogen (secondary N) is 1. The number of likely N-dealkylation sites (tertiary alicyclic amines) is 1. The quantitative estimate of drug-likeness (QED) is 0.504. The topological polar surface area (TPSA) is 82.2 Å². The van der Waals surface area contributed by atoms with Crippen LogP contribution in [0.15, 0.2) is 35.9 Å². The van der Waals surface area contributed by atoms with Gasteiger partial charge in [-0.1, -0.05) is 18.1 Å². The van der Waals surface area contributed by atoms with Crippen molar-refractivity contribution in [1.29, 1.82) is 0 Å². The number of imide groups is 1. The lowest BCUT2D eigenvalue weighted by Crippen LogP contribution is -2.60. The van der Waals surface area contributed by atoms with Crippen molar-refractivity contribution in [2.24, 2.45) is 11.8 Å². The summed E-state index contributed by atoms with van der Waals surface area (Å²) < 4.78 is 5.17. The van der Waals surface area contributed by atoms with Gasteiger partial charge in [0.2, 0.25) is 5.91 Å². The number of rotatable bonds is 5. The van der Waals surface area contributed by atoms with Crippen LogP contribution in [-0.2, 0) is 9.59 Å². The second-order valence-corrected chi connectivity index (χ2v) is 11.0. The molecule has 0 saturated carbocycles. The van der Waals surface area contributed by atoms with Crippen molar-refractivity contribution in [3.05, 3.63) is 35.9 Å². The molecule has 0 radical (unpaired) electrons. The molecule has 1 aromatic rings. The number of nitrogens with zero attached hydrogens (tertiary/aromatic N) is 3. The number of benzene rings is 1. The van der Waals surface area contributed by atoms with Crippen LogP contribution in [0.2, 0.25) is 0 Å². The SMILES string of the molecule is COc1ccc(N2C(=O)N[C@@H](CCC(=O)N3CCCC4=C[C@H]5C[C@@H](CN6CCCC[C@H]56)[C@H]43)C2=O)cc1. The summed E-state index contributed by atoms with van der Waals surface area (Å²) in [6.45, 7) is 3.07. The zero-order chi connectivity index (χ0) is 24.8. The van der Waals surface area contributed by atoms with Crippen LogP contribution in [0.5, 0.6) is 5.75 Å². The highest BCUT2D eigenvalue weighted by Crippen LogP contribution is 2.45. The van der Waals surface area contributed by atoms with Crippen LogP contribution in [0.1, 0.15) is 51.4 Å². The zero-order valence-electron chi connectivity index (χ0n) is 21.0. The lowest BCUT2D eigenvalue weighted by Gasteiger charge is -2.54. The first-order valence-electron chi connectivity index (χ1n) is 13.6. The molecule has 4 saturated heterocycles. The van der Waals surface area contributed by atoms with E-state index in [0.29, 0.717) is 35.7 Å². The number of hydrogen-bond donors (Lipinski definition) is 1. The number of ether oxygens (including phenoxy) is 1. The molecule has 4 heterocycles. The van der Waals surface area contributed by atoms with Crippen LogP contribution in [-0.4, -0.2) is 72.5 Å². The summed E-state index contributed by atoms with van der Waals surface area (Å²) in [5.41, 5.74) is 1.97. The van der Waals surface area contributed by atoms with Gasteiger partial charge in [-0.2, -0.15) is 0 Å². The summed E-state index contributed by atoms with van der Waals surface area (Å²) in [5, 5.41) is 2.78. The minimum absolute atomic E-state index is 0.106. The Labute approximate surface area is 212 Å². The van der Waals surface area contributed by atoms with Crippen LogP contribution in [0.4, 0.5) is 10.5 Å². The van der Waals surface area contributed by atoms with E-state index >= 15 is 0 Å². The molecule has 192 valence electrons. The smallest absolute Gasteiger partial charge is 0.329 e. The summed E-state index contributed by atoms with van der Waals surface area (Å²) in [5.74, 6) is 1.61. The molecule has 0 aromatic heterocycles. The molecule has 1 N–H and O–H groups in total. The van der Waals surface area contributed by atoms with Crippen molar-refractivity contribution in [3.8, 4) is 5.75 Å². The van der Waals surface area contributed by atoms with E-state index < -0.39 is 12.1 Å². The van der Waals surface area contributed by atoms with Gasteiger partial charge >= 0.3 is 6.03 Å². The molecule has 36 heavy (non-hydrogen) atoms. The van der Waals surface area contributed by atoms with E-state index in [9.17, 15) is 14.4 Å². The number of hydrogen-bond acceptors (Lipinski definition) is 5. The van der Waals surface area contributed by atoms with Gasteiger partial charge < -0.3 is 15.0 Å². The molecule has 2 bridgehead atoms. The third-order valence-electron chi connectivity index (χ3n) is 8.97. The van der Waals surface area contributed by atoms with Crippen molar-refractivity contribution < 1.29 is 19.1 Å². The predicted molar refractivity (Wildman–Crippen MR) is 136 cm³/mol. The Balaban J connectivity index is 1.12. The fourth-order valence-corrected chi connectivity index (χ4v) is 7.37. The van der Waals surface area contributed by atoms with Crippen molar-refractivity contribution in [3.63, 3.8) is 0 Å². The largest absolute Gasteiger partial charge is 0.497 e. The Hall–Kier alpha value is -2.87. The Bertz CT molecular complexity index is 1070. The summed E-state index contributed by atoms with van der Waals surface area (Å²) >= 11 is 0. The van der Waals surface area contributed by atoms with Crippen LogP contribution >= 0.6 is 0 Å². The molecule has 0 unspecified atom stereocenters. The molecular weight excluding hydrogens is 456 g/mol. The second-order valence-electron chi connectivity index (χ2n) is 11.0. The molecule has 8 heteroatoms. The lowest BCUT2D eigenvalue weighted by atomic mass is 9.68. The van der Waals surface area contributed by atoms with E-state index in [0.717, 1.165) is 30.8 Å². The fourth-order valence-electron chi connectivity index (χ4n) is 7.37. The zero-order valence-corrected chi connectivity index (χ0v) is 21.0. The van der Waals surface area contributed by atoms with Gasteiger partial charge in [0.05, 0.1) is 18.8 Å². The first kappa shape index (κ1) is 23.5. The minimum atomic E-state index is -0.678. The van der Waals surface area contributed by atoms with E-state index in [1.807, 2.05) is 0 Å². The van der Waals surface area contributed by atoms with E-state index in [2.05, 4.69) is 21.2 Å². The fraction of sp³-hybridized carbons (Fsp3) is 0.607. The Kier molecular flexibility index (Phi) is 6.23. The molecular formula is C28H36N4O4. The molecule has 6 rings (SSSR count). The number of carbonyl (C=O) groups is 3. The average Bonchev–Trinajstić information content (AvgIpc) is 3.19. The number of fused-ring (bicyclic) bond motifs is 6. The van der Waals surface area contributed by atoms with Gasteiger partial charge in [0, 0.05) is 25.6 Å². The first-order chi connectivity index (χ1) is 17.5. The van der Waals surface area contributed by atoms with Gasteiger partial charge in [-0.15, -0.1) is 0 Å². The van der Waals surface area contributed by atoms with E-state index in [-0.39, 0.29) is 24.3 Å². The van der Waals surface area contributed by atoms with E-state index in [4.69, 9.17) is 4.74 Å². The molecule has 5 atom stereocenters. The number of amides is 4. The van der Waals surface area contributed by atoms with Gasteiger partial charge in [-0.25, -0.2) is 9.69 Å². The number of methoxy groups -OCH3 is 1. The standard InChI is InChI=1S/C28H36N4O4/c1-36-22-9-7-21(8-10-22)32-27(34)23(29-28(32)35)11-12-25(33)31-14-4-5-18-15-19-16-20(26(18)31)17-30-13-3-2-6-24(19)30/h7-10,15,19-20,23-24,26H,2-6,11-14,16-17H2,1H3,(H,29,35)/t19-,20-,23-,24+,26-/m0/s1. The van der Waals surface area contributed by atoms with Crippen molar-refractivity contribution in [1.82, 2.24) is 15.1 Å². The molecule has 0 spiro atoms. The summed E-state index contributed by atoms with van der Waals surface area (Å²) in [7, 11) is 1.57. The van der Waals surface area contributed by atoms with Gasteiger partial charge in [-0.3, -0.25) is 14.5 Å². The summed E-state index contributed by atoms with van der Waals surface area (Å²) in [6.07, 6.45) is 10.3. The van der Waals surface area contributed by atoms with Gasteiger partial charge in [0.15, 0.2) is 0 Å². The molecule has 4 aliphatic heterocycles. The molecule has 4 fully saturated rings. The van der Waals surface area contributed by atoms with E-state index in [1.165, 1.54) is 37.8 Å². The van der Waals surface area contributed by atoms with Gasteiger partial charge in [0.1, 0.15) is 11.8 Å². The molecule has 5 aliphatic rings. The lowest BCUT2D eigenvalue weighted by molar-refractivity contribution is -0.136. The second kappa shape index (κ2) is 9.54. The predicted octanol–water partition coefficient (Wildman–Crippen LogP) is 3.32. The maximum Gasteiger partial charge on any atom is 0.329 e. The Morgan fingerprint density at radius 1 is 1.11 bits per heavy atom. The monoisotopic (exact) mass is 492 g/mol. The average molecular weight is 493 g/mol. The molecule has 1 aromatic carbocycles. The van der Waals surface area contributed by atoms with E-state index in [1.54, 1.807) is 31.4 Å². The summed E-state index contributed by atoms with van der Waals surface area (Å²) in [4.78, 5) is 45.1. The first-order valence-corrected chi connectivity index (χ1v) is 13.6. The Morgan fingerprint density at radius 2 is 1.94 bits per heavy atom. The van der Waals surface area contributed by atoms with Crippen LogP contribution in [0, 0.1) is 11.8 Å². The van der Waals surface area contributed by atoms with Gasteiger partial charge in [-0.05, 0) is 81.2 Å². The highest BCUT2D eigenvalue weighted by atomic mass is 16.5.